The van der Waals surface area contributed by atoms with Crippen molar-refractivity contribution in [2.75, 3.05) is 11.1 Å². The molecule has 2 aromatic heterocycles. The number of carbonyl (C=O) groups excluding carboxylic acids is 2. The molecule has 1 atom stereocenters. The molecule has 0 spiro atoms. The number of amides is 2. The van der Waals surface area contributed by atoms with Crippen molar-refractivity contribution in [1.82, 2.24) is 10.2 Å². The van der Waals surface area contributed by atoms with Gasteiger partial charge in [0, 0.05) is 4.88 Å². The van der Waals surface area contributed by atoms with Gasteiger partial charge in [0.1, 0.15) is 10.5 Å². The van der Waals surface area contributed by atoms with E-state index in [2.05, 4.69) is 22.4 Å². The number of thiophene rings is 1. The van der Waals surface area contributed by atoms with Gasteiger partial charge in [0.15, 0.2) is 4.34 Å². The molecular formula is C14H16N4O2S3. The zero-order valence-electron chi connectivity index (χ0n) is 12.5. The molecule has 23 heavy (non-hydrogen) atoms. The third-order valence-corrected chi connectivity index (χ3v) is 6.71. The minimum atomic E-state index is -0.468. The van der Waals surface area contributed by atoms with Gasteiger partial charge in [-0.25, -0.2) is 0 Å². The number of fused-ring (bicyclic) bond motifs is 1. The summed E-state index contributed by atoms with van der Waals surface area (Å²) in [5.41, 5.74) is 8.68. The number of rotatable bonds is 5. The molecule has 0 fully saturated rings. The lowest BCUT2D eigenvalue weighted by Crippen LogP contribution is -2.20. The molecule has 1 aliphatic rings. The van der Waals surface area contributed by atoms with Gasteiger partial charge in [-0.1, -0.05) is 30.0 Å². The Morgan fingerprint density at radius 3 is 3.04 bits per heavy atom. The molecule has 122 valence electrons. The summed E-state index contributed by atoms with van der Waals surface area (Å²) < 4.78 is 0.745. The van der Waals surface area contributed by atoms with Crippen LogP contribution in [0.1, 0.15) is 34.1 Å². The average Bonchev–Trinajstić information content (AvgIpc) is 3.11. The Kier molecular flexibility index (Phi) is 4.98. The van der Waals surface area contributed by atoms with Gasteiger partial charge in [0.25, 0.3) is 5.91 Å². The zero-order chi connectivity index (χ0) is 16.4. The summed E-state index contributed by atoms with van der Waals surface area (Å²) in [5, 5.41) is 11.0. The van der Waals surface area contributed by atoms with Crippen LogP contribution in [-0.2, 0) is 17.6 Å². The Balaban J connectivity index is 1.74. The van der Waals surface area contributed by atoms with Crippen molar-refractivity contribution >= 4 is 51.3 Å². The van der Waals surface area contributed by atoms with Gasteiger partial charge < -0.3 is 11.1 Å². The van der Waals surface area contributed by atoms with Gasteiger partial charge in [0.05, 0.1) is 11.3 Å². The van der Waals surface area contributed by atoms with Crippen LogP contribution < -0.4 is 11.1 Å². The van der Waals surface area contributed by atoms with Crippen LogP contribution in [0.3, 0.4) is 0 Å². The van der Waals surface area contributed by atoms with Crippen LogP contribution in [0, 0.1) is 5.92 Å². The maximum Gasteiger partial charge on any atom is 0.251 e. The molecule has 0 bridgehead atoms. The van der Waals surface area contributed by atoms with Gasteiger partial charge in [-0.05, 0) is 30.7 Å². The first-order chi connectivity index (χ1) is 11.0. The summed E-state index contributed by atoms with van der Waals surface area (Å²) in [4.78, 5) is 25.1. The van der Waals surface area contributed by atoms with Crippen molar-refractivity contribution in [2.45, 2.75) is 30.5 Å². The van der Waals surface area contributed by atoms with Crippen molar-refractivity contribution in [3.63, 3.8) is 0 Å². The molecule has 0 saturated carbocycles. The van der Waals surface area contributed by atoms with Gasteiger partial charge in [0.2, 0.25) is 5.91 Å². The molecule has 3 rings (SSSR count). The van der Waals surface area contributed by atoms with Crippen LogP contribution in [-0.4, -0.2) is 27.8 Å². The van der Waals surface area contributed by atoms with E-state index >= 15 is 0 Å². The number of thioether (sulfide) groups is 1. The third-order valence-electron chi connectivity index (χ3n) is 3.68. The van der Waals surface area contributed by atoms with E-state index in [4.69, 9.17) is 5.73 Å². The smallest absolute Gasteiger partial charge is 0.251 e. The summed E-state index contributed by atoms with van der Waals surface area (Å²) in [6.07, 6.45) is 2.83. The lowest BCUT2D eigenvalue weighted by molar-refractivity contribution is -0.113. The first kappa shape index (κ1) is 16.4. The number of anilines is 1. The summed E-state index contributed by atoms with van der Waals surface area (Å²) in [5.74, 6) is 0.189. The van der Waals surface area contributed by atoms with Gasteiger partial charge in [-0.3, -0.25) is 9.59 Å². The van der Waals surface area contributed by atoms with E-state index < -0.39 is 5.91 Å². The van der Waals surface area contributed by atoms with Gasteiger partial charge in [-0.2, -0.15) is 0 Å². The lowest BCUT2D eigenvalue weighted by Gasteiger charge is -2.18. The van der Waals surface area contributed by atoms with Crippen LogP contribution in [0.25, 0.3) is 0 Å². The van der Waals surface area contributed by atoms with Crippen molar-refractivity contribution < 1.29 is 9.59 Å². The standard InChI is InChI=1S/C14H16N4O2S3/c1-7-2-3-8-9(4-7)23-13(11(8)12(15)20)17-10(19)5-21-14-18-16-6-22-14/h6-7H,2-5H2,1H3,(H2,15,20)(H,17,19)/t7-/m1/s1. The number of nitrogens with two attached hydrogens (primary N) is 1. The quantitative estimate of drug-likeness (QED) is 0.790. The van der Waals surface area contributed by atoms with Crippen LogP contribution in [0.15, 0.2) is 9.85 Å². The van der Waals surface area contributed by atoms with Crippen LogP contribution in [0.4, 0.5) is 5.00 Å². The van der Waals surface area contributed by atoms with Gasteiger partial charge in [-0.15, -0.1) is 21.5 Å². The Hall–Kier alpha value is -1.45. The zero-order valence-corrected chi connectivity index (χ0v) is 14.9. The first-order valence-corrected chi connectivity index (χ1v) is 9.86. The molecule has 0 saturated heterocycles. The minimum absolute atomic E-state index is 0.167. The number of nitrogens with zero attached hydrogens (tertiary/aromatic N) is 2. The first-order valence-electron chi connectivity index (χ1n) is 7.17. The van der Waals surface area contributed by atoms with E-state index in [1.807, 2.05) is 0 Å². The number of hydrogen-bond donors (Lipinski definition) is 2. The molecule has 2 amide bonds. The lowest BCUT2D eigenvalue weighted by atomic mass is 9.88. The highest BCUT2D eigenvalue weighted by molar-refractivity contribution is 8.01. The van der Waals surface area contributed by atoms with Crippen molar-refractivity contribution in [2.24, 2.45) is 11.7 Å². The predicted octanol–water partition coefficient (Wildman–Crippen LogP) is 2.55. The Morgan fingerprint density at radius 1 is 1.52 bits per heavy atom. The number of carbonyl (C=O) groups is 2. The highest BCUT2D eigenvalue weighted by Crippen LogP contribution is 2.39. The monoisotopic (exact) mass is 368 g/mol. The summed E-state index contributed by atoms with van der Waals surface area (Å²) in [6.45, 7) is 2.20. The van der Waals surface area contributed by atoms with Crippen molar-refractivity contribution in [3.05, 3.63) is 21.5 Å². The van der Waals surface area contributed by atoms with E-state index in [9.17, 15) is 9.59 Å². The fraction of sp³-hybridized carbons (Fsp3) is 0.429. The summed E-state index contributed by atoms with van der Waals surface area (Å²) >= 11 is 4.19. The van der Waals surface area contributed by atoms with E-state index in [0.717, 1.165) is 29.2 Å². The van der Waals surface area contributed by atoms with Crippen molar-refractivity contribution in [3.8, 4) is 0 Å². The minimum Gasteiger partial charge on any atom is -0.365 e. The number of aromatic nitrogens is 2. The normalized spacial score (nSPS) is 16.8. The van der Waals surface area contributed by atoms with E-state index in [1.54, 1.807) is 5.51 Å². The highest BCUT2D eigenvalue weighted by atomic mass is 32.2. The molecule has 0 aliphatic heterocycles. The summed E-state index contributed by atoms with van der Waals surface area (Å²) in [6, 6.07) is 0. The second-order valence-corrected chi connectivity index (χ2v) is 8.62. The van der Waals surface area contributed by atoms with E-state index in [0.29, 0.717) is 16.5 Å². The fourth-order valence-corrected chi connectivity index (χ4v) is 5.34. The van der Waals surface area contributed by atoms with Crippen LogP contribution in [0.5, 0.6) is 0 Å². The Morgan fingerprint density at radius 2 is 2.35 bits per heavy atom. The molecule has 9 heteroatoms. The van der Waals surface area contributed by atoms with Crippen molar-refractivity contribution in [1.29, 1.82) is 0 Å². The topological polar surface area (TPSA) is 98.0 Å². The SMILES string of the molecule is C[C@@H]1CCc2c(sc(NC(=O)CSc3nncs3)c2C(N)=O)C1. The molecule has 2 heterocycles. The molecule has 6 nitrogen and oxygen atoms in total. The molecule has 2 aromatic rings. The van der Waals surface area contributed by atoms with E-state index in [-0.39, 0.29) is 11.7 Å². The fourth-order valence-electron chi connectivity index (χ4n) is 2.62. The van der Waals surface area contributed by atoms with Crippen LogP contribution >= 0.6 is 34.4 Å². The summed E-state index contributed by atoms with van der Waals surface area (Å²) in [7, 11) is 0. The van der Waals surface area contributed by atoms with Crippen LogP contribution in [0.2, 0.25) is 0 Å². The Bertz CT molecular complexity index is 727. The number of nitrogens with one attached hydrogen (secondary N) is 1. The second-order valence-electron chi connectivity index (χ2n) is 5.46. The molecule has 0 aromatic carbocycles. The maximum absolute atomic E-state index is 12.1. The van der Waals surface area contributed by atoms with Gasteiger partial charge >= 0.3 is 0 Å². The maximum atomic E-state index is 12.1. The molecular weight excluding hydrogens is 352 g/mol. The number of primary amides is 1. The second kappa shape index (κ2) is 6.98. The number of hydrogen-bond acceptors (Lipinski definition) is 7. The van der Waals surface area contributed by atoms with E-state index in [1.165, 1.54) is 39.3 Å². The Labute approximate surface area is 145 Å². The average molecular weight is 369 g/mol. The third kappa shape index (κ3) is 3.73. The predicted molar refractivity (Wildman–Crippen MR) is 93.3 cm³/mol. The largest absolute Gasteiger partial charge is 0.365 e. The molecule has 3 N–H and O–H groups in total. The molecule has 0 radical (unpaired) electrons. The molecule has 1 aliphatic carbocycles. The highest BCUT2D eigenvalue weighted by Gasteiger charge is 2.27. The molecule has 0 unspecified atom stereocenters.